The second-order valence-corrected chi connectivity index (χ2v) is 7.03. The van der Waals surface area contributed by atoms with E-state index in [4.69, 9.17) is 9.47 Å². The number of aryl methyl sites for hydroxylation is 2. The first-order valence-corrected chi connectivity index (χ1v) is 9.46. The number of benzene rings is 3. The van der Waals surface area contributed by atoms with Gasteiger partial charge in [0.25, 0.3) is 0 Å². The van der Waals surface area contributed by atoms with Crippen LogP contribution < -0.4 is 4.74 Å². The molecule has 1 aliphatic heterocycles. The van der Waals surface area contributed by atoms with Gasteiger partial charge in [-0.2, -0.15) is 0 Å². The fourth-order valence-corrected chi connectivity index (χ4v) is 2.87. The molecule has 3 aromatic carbocycles. The average Bonchev–Trinajstić information content (AvgIpc) is 3.10. The average molecular weight is 397 g/mol. The molecule has 3 aromatic rings. The lowest BCUT2D eigenvalue weighted by Crippen LogP contribution is -2.08. The standard InChI is InChI=1S/C25H19NO4/c1-16-3-9-19(10-4-16)23-26-22(25(28)30-23)15-18-7-13-21(14-8-18)29-24(27)20-11-5-17(2)6-12-20/h3-15H,1-2H3. The maximum absolute atomic E-state index is 12.2. The smallest absolute Gasteiger partial charge is 0.363 e. The topological polar surface area (TPSA) is 65.0 Å². The van der Waals surface area contributed by atoms with Crippen LogP contribution in [0.3, 0.4) is 0 Å². The van der Waals surface area contributed by atoms with Crippen LogP contribution >= 0.6 is 0 Å². The molecule has 0 amide bonds. The third kappa shape index (κ3) is 4.36. The lowest BCUT2D eigenvalue weighted by atomic mass is 10.1. The van der Waals surface area contributed by atoms with Crippen LogP contribution in [0.15, 0.2) is 83.5 Å². The summed E-state index contributed by atoms with van der Waals surface area (Å²) in [5.41, 5.74) is 4.38. The molecule has 0 saturated heterocycles. The van der Waals surface area contributed by atoms with Gasteiger partial charge in [-0.3, -0.25) is 0 Å². The van der Waals surface area contributed by atoms with Crippen LogP contribution in [0.4, 0.5) is 0 Å². The van der Waals surface area contributed by atoms with Gasteiger partial charge in [0.15, 0.2) is 5.70 Å². The Morgan fingerprint density at radius 1 is 0.867 bits per heavy atom. The Bertz CT molecular complexity index is 1160. The van der Waals surface area contributed by atoms with Crippen LogP contribution in [0.1, 0.15) is 32.6 Å². The third-order valence-corrected chi connectivity index (χ3v) is 4.60. The molecule has 4 rings (SSSR count). The van der Waals surface area contributed by atoms with E-state index in [9.17, 15) is 9.59 Å². The van der Waals surface area contributed by atoms with Crippen LogP contribution in [0.2, 0.25) is 0 Å². The summed E-state index contributed by atoms with van der Waals surface area (Å²) in [6.07, 6.45) is 1.63. The van der Waals surface area contributed by atoms with E-state index in [1.807, 2.05) is 50.2 Å². The number of esters is 2. The molecule has 0 bridgehead atoms. The van der Waals surface area contributed by atoms with Crippen molar-refractivity contribution in [2.24, 2.45) is 4.99 Å². The summed E-state index contributed by atoms with van der Waals surface area (Å²) in [6, 6.07) is 21.6. The van der Waals surface area contributed by atoms with E-state index < -0.39 is 11.9 Å². The molecule has 30 heavy (non-hydrogen) atoms. The molecular formula is C25H19NO4. The monoisotopic (exact) mass is 397 g/mol. The molecule has 0 atom stereocenters. The molecule has 0 spiro atoms. The summed E-state index contributed by atoms with van der Waals surface area (Å²) in [5, 5.41) is 0. The molecule has 5 nitrogen and oxygen atoms in total. The van der Waals surface area contributed by atoms with E-state index in [0.717, 1.165) is 22.3 Å². The first-order chi connectivity index (χ1) is 14.5. The van der Waals surface area contributed by atoms with E-state index >= 15 is 0 Å². The Morgan fingerprint density at radius 3 is 2.10 bits per heavy atom. The Morgan fingerprint density at radius 2 is 1.47 bits per heavy atom. The van der Waals surface area contributed by atoms with Crippen LogP contribution in [0.25, 0.3) is 6.08 Å². The molecule has 148 valence electrons. The zero-order valence-electron chi connectivity index (χ0n) is 16.6. The summed E-state index contributed by atoms with van der Waals surface area (Å²) in [5.74, 6) is -0.219. The SMILES string of the molecule is Cc1ccc(C(=O)Oc2ccc(C=C3N=C(c4ccc(C)cc4)OC3=O)cc2)cc1. The Balaban J connectivity index is 1.48. The molecule has 0 N–H and O–H groups in total. The molecule has 0 unspecified atom stereocenters. The minimum atomic E-state index is -0.500. The van der Waals surface area contributed by atoms with Gasteiger partial charge in [-0.15, -0.1) is 0 Å². The van der Waals surface area contributed by atoms with Gasteiger partial charge in [0, 0.05) is 5.56 Å². The van der Waals surface area contributed by atoms with Gasteiger partial charge in [-0.05, 0) is 61.9 Å². The maximum atomic E-state index is 12.2. The highest BCUT2D eigenvalue weighted by atomic mass is 16.6. The van der Waals surface area contributed by atoms with Crippen molar-refractivity contribution in [2.45, 2.75) is 13.8 Å². The summed E-state index contributed by atoms with van der Waals surface area (Å²) < 4.78 is 10.7. The molecule has 5 heteroatoms. The van der Waals surface area contributed by atoms with E-state index in [1.54, 1.807) is 42.5 Å². The van der Waals surface area contributed by atoms with Crippen LogP contribution in [0.5, 0.6) is 5.75 Å². The summed E-state index contributed by atoms with van der Waals surface area (Å²) in [7, 11) is 0. The highest BCUT2D eigenvalue weighted by molar-refractivity contribution is 6.12. The van der Waals surface area contributed by atoms with Crippen LogP contribution in [-0.4, -0.2) is 17.8 Å². The normalized spacial score (nSPS) is 14.4. The van der Waals surface area contributed by atoms with Crippen molar-refractivity contribution in [3.63, 3.8) is 0 Å². The Labute approximate surface area is 174 Å². The highest BCUT2D eigenvalue weighted by Gasteiger charge is 2.24. The molecule has 1 heterocycles. The number of hydrogen-bond donors (Lipinski definition) is 0. The Kier molecular flexibility index (Phi) is 5.26. The second kappa shape index (κ2) is 8.17. The first-order valence-electron chi connectivity index (χ1n) is 9.46. The fourth-order valence-electron chi connectivity index (χ4n) is 2.87. The fraction of sp³-hybridized carbons (Fsp3) is 0.0800. The number of cyclic esters (lactones) is 1. The van der Waals surface area contributed by atoms with Crippen molar-refractivity contribution < 1.29 is 19.1 Å². The van der Waals surface area contributed by atoms with Gasteiger partial charge in [0.1, 0.15) is 5.75 Å². The summed E-state index contributed by atoms with van der Waals surface area (Å²) >= 11 is 0. The lowest BCUT2D eigenvalue weighted by Gasteiger charge is -2.05. The van der Waals surface area contributed by atoms with Crippen molar-refractivity contribution in [3.8, 4) is 5.75 Å². The Hall–Kier alpha value is -3.99. The number of rotatable bonds is 4. The highest BCUT2D eigenvalue weighted by Crippen LogP contribution is 2.21. The molecule has 0 fully saturated rings. The number of aliphatic imine (C=N–C) groups is 1. The van der Waals surface area contributed by atoms with Gasteiger partial charge in [0.2, 0.25) is 5.90 Å². The van der Waals surface area contributed by atoms with Crippen molar-refractivity contribution in [3.05, 3.63) is 106 Å². The zero-order valence-corrected chi connectivity index (χ0v) is 16.6. The summed E-state index contributed by atoms with van der Waals surface area (Å²) in [4.78, 5) is 28.7. The number of carbonyl (C=O) groups is 2. The van der Waals surface area contributed by atoms with E-state index in [2.05, 4.69) is 4.99 Å². The van der Waals surface area contributed by atoms with Crippen LogP contribution in [-0.2, 0) is 9.53 Å². The van der Waals surface area contributed by atoms with Gasteiger partial charge in [-0.1, -0.05) is 47.5 Å². The van der Waals surface area contributed by atoms with Gasteiger partial charge >= 0.3 is 11.9 Å². The quantitative estimate of drug-likeness (QED) is 0.358. The second-order valence-electron chi connectivity index (χ2n) is 7.03. The van der Waals surface area contributed by atoms with Crippen molar-refractivity contribution in [2.75, 3.05) is 0 Å². The molecular weight excluding hydrogens is 378 g/mol. The number of carbonyl (C=O) groups excluding carboxylic acids is 2. The van der Waals surface area contributed by atoms with Gasteiger partial charge in [0.05, 0.1) is 5.56 Å². The molecule has 0 aromatic heterocycles. The number of hydrogen-bond acceptors (Lipinski definition) is 5. The first kappa shape index (κ1) is 19.3. The third-order valence-electron chi connectivity index (χ3n) is 4.60. The van der Waals surface area contributed by atoms with Crippen molar-refractivity contribution in [1.82, 2.24) is 0 Å². The minimum absolute atomic E-state index is 0.218. The van der Waals surface area contributed by atoms with Crippen molar-refractivity contribution >= 4 is 23.9 Å². The lowest BCUT2D eigenvalue weighted by molar-refractivity contribution is -0.129. The van der Waals surface area contributed by atoms with Gasteiger partial charge in [-0.25, -0.2) is 14.6 Å². The van der Waals surface area contributed by atoms with E-state index in [1.165, 1.54) is 0 Å². The number of ether oxygens (including phenoxy) is 2. The van der Waals surface area contributed by atoms with Crippen molar-refractivity contribution in [1.29, 1.82) is 0 Å². The minimum Gasteiger partial charge on any atom is -0.423 e. The largest absolute Gasteiger partial charge is 0.423 e. The predicted octanol–water partition coefficient (Wildman–Crippen LogP) is 4.87. The predicted molar refractivity (Wildman–Crippen MR) is 114 cm³/mol. The van der Waals surface area contributed by atoms with E-state index in [0.29, 0.717) is 11.3 Å². The molecule has 0 aliphatic carbocycles. The molecule has 0 radical (unpaired) electrons. The zero-order chi connectivity index (χ0) is 21.1. The number of nitrogens with zero attached hydrogens (tertiary/aromatic N) is 1. The summed E-state index contributed by atoms with van der Waals surface area (Å²) in [6.45, 7) is 3.94. The maximum Gasteiger partial charge on any atom is 0.363 e. The molecule has 1 aliphatic rings. The van der Waals surface area contributed by atoms with Crippen LogP contribution in [0, 0.1) is 13.8 Å². The van der Waals surface area contributed by atoms with Gasteiger partial charge < -0.3 is 9.47 Å². The van der Waals surface area contributed by atoms with E-state index in [-0.39, 0.29) is 11.6 Å². The molecule has 0 saturated carbocycles.